The van der Waals surface area contributed by atoms with Crippen molar-refractivity contribution in [2.24, 2.45) is 7.05 Å². The second-order valence-electron chi connectivity index (χ2n) is 4.51. The second kappa shape index (κ2) is 5.17. The van der Waals surface area contributed by atoms with Gasteiger partial charge in [0.1, 0.15) is 0 Å². The first-order valence-corrected chi connectivity index (χ1v) is 6.70. The summed E-state index contributed by atoms with van der Waals surface area (Å²) in [4.78, 5) is 23.1. The van der Waals surface area contributed by atoms with Gasteiger partial charge in [0, 0.05) is 34.6 Å². The van der Waals surface area contributed by atoms with Crippen LogP contribution in [0.15, 0.2) is 27.5 Å². The highest BCUT2D eigenvalue weighted by molar-refractivity contribution is 9.10. The summed E-state index contributed by atoms with van der Waals surface area (Å²) in [5.74, 6) is -0.893. The fourth-order valence-corrected chi connectivity index (χ4v) is 2.58. The minimum Gasteiger partial charge on any atom is -0.481 e. The molecule has 4 nitrogen and oxygen atoms in total. The fourth-order valence-electron chi connectivity index (χ4n) is 2.22. The Morgan fingerprint density at radius 2 is 2.11 bits per heavy atom. The van der Waals surface area contributed by atoms with Crippen LogP contribution in [-0.2, 0) is 18.3 Å². The van der Waals surface area contributed by atoms with Crippen molar-refractivity contribution in [2.75, 3.05) is 0 Å². The van der Waals surface area contributed by atoms with E-state index in [4.69, 9.17) is 5.11 Å². The van der Waals surface area contributed by atoms with Gasteiger partial charge in [-0.25, -0.2) is 0 Å². The van der Waals surface area contributed by atoms with Crippen molar-refractivity contribution in [1.29, 1.82) is 0 Å². The minimum absolute atomic E-state index is 0.0322. The van der Waals surface area contributed by atoms with Crippen molar-refractivity contribution in [3.05, 3.63) is 44.2 Å². The molecular formula is C14H14BrNO3. The summed E-state index contributed by atoms with van der Waals surface area (Å²) in [5, 5.41) is 9.38. The molecule has 1 N–H and O–H groups in total. The number of hydrogen-bond acceptors (Lipinski definition) is 2. The fraction of sp³-hybridized carbons (Fsp3) is 0.286. The number of pyridine rings is 1. The van der Waals surface area contributed by atoms with Crippen LogP contribution in [0.3, 0.4) is 0 Å². The largest absolute Gasteiger partial charge is 0.481 e. The summed E-state index contributed by atoms with van der Waals surface area (Å²) in [6.45, 7) is 1.85. The highest BCUT2D eigenvalue weighted by atomic mass is 79.9. The van der Waals surface area contributed by atoms with Gasteiger partial charge in [-0.05, 0) is 31.5 Å². The molecule has 0 saturated carbocycles. The molecule has 0 radical (unpaired) electrons. The molecule has 19 heavy (non-hydrogen) atoms. The van der Waals surface area contributed by atoms with E-state index in [0.717, 1.165) is 15.7 Å². The van der Waals surface area contributed by atoms with Gasteiger partial charge < -0.3 is 9.67 Å². The van der Waals surface area contributed by atoms with Crippen LogP contribution in [-0.4, -0.2) is 15.6 Å². The van der Waals surface area contributed by atoms with E-state index in [-0.39, 0.29) is 18.3 Å². The molecular weight excluding hydrogens is 310 g/mol. The van der Waals surface area contributed by atoms with Gasteiger partial charge in [-0.3, -0.25) is 9.59 Å². The van der Waals surface area contributed by atoms with Crippen molar-refractivity contribution in [1.82, 2.24) is 4.57 Å². The quantitative estimate of drug-likeness (QED) is 0.944. The Hall–Kier alpha value is -1.62. The lowest BCUT2D eigenvalue weighted by atomic mass is 10.0. The summed E-state index contributed by atoms with van der Waals surface area (Å²) in [5.41, 5.74) is 2.18. The van der Waals surface area contributed by atoms with Crippen LogP contribution < -0.4 is 5.43 Å². The van der Waals surface area contributed by atoms with Crippen molar-refractivity contribution >= 4 is 32.8 Å². The molecule has 1 aromatic carbocycles. The first-order chi connectivity index (χ1) is 8.91. The molecule has 0 unspecified atom stereocenters. The molecule has 0 saturated heterocycles. The molecule has 0 amide bonds. The molecule has 5 heteroatoms. The topological polar surface area (TPSA) is 59.3 Å². The van der Waals surface area contributed by atoms with Crippen LogP contribution in [0.5, 0.6) is 0 Å². The SMILES string of the molecule is Cc1c(CCC(=O)O)c(=O)c2cc(Br)ccc2n1C. The normalized spacial score (nSPS) is 10.9. The number of halogens is 1. The van der Waals surface area contributed by atoms with E-state index >= 15 is 0 Å². The van der Waals surface area contributed by atoms with Crippen molar-refractivity contribution in [3.63, 3.8) is 0 Å². The van der Waals surface area contributed by atoms with E-state index in [0.29, 0.717) is 10.9 Å². The molecule has 1 heterocycles. The van der Waals surface area contributed by atoms with E-state index < -0.39 is 5.97 Å². The summed E-state index contributed by atoms with van der Waals surface area (Å²) in [6.07, 6.45) is 0.228. The maximum atomic E-state index is 12.4. The van der Waals surface area contributed by atoms with Crippen molar-refractivity contribution in [3.8, 4) is 0 Å². The molecule has 0 fully saturated rings. The van der Waals surface area contributed by atoms with Crippen molar-refractivity contribution in [2.45, 2.75) is 19.8 Å². The molecule has 100 valence electrons. The lowest BCUT2D eigenvalue weighted by Crippen LogP contribution is -2.18. The van der Waals surface area contributed by atoms with E-state index in [1.54, 1.807) is 6.07 Å². The van der Waals surface area contributed by atoms with E-state index in [1.807, 2.05) is 30.7 Å². The number of rotatable bonds is 3. The van der Waals surface area contributed by atoms with Crippen LogP contribution in [0.25, 0.3) is 10.9 Å². The standard InChI is InChI=1S/C14H14BrNO3/c1-8-10(4-6-13(17)18)14(19)11-7-9(15)3-5-12(11)16(8)2/h3,5,7H,4,6H2,1-2H3,(H,17,18). The number of aryl methyl sites for hydroxylation is 1. The third-order valence-electron chi connectivity index (χ3n) is 3.37. The van der Waals surface area contributed by atoms with Crippen LogP contribution in [0, 0.1) is 6.92 Å². The molecule has 0 aliphatic heterocycles. The third kappa shape index (κ3) is 2.56. The number of nitrogens with zero attached hydrogens (tertiary/aromatic N) is 1. The summed E-state index contributed by atoms with van der Waals surface area (Å²) in [6, 6.07) is 5.55. The molecule has 2 aromatic rings. The zero-order valence-corrected chi connectivity index (χ0v) is 12.3. The second-order valence-corrected chi connectivity index (χ2v) is 5.42. The Bertz CT molecular complexity index is 719. The number of carbonyl (C=O) groups is 1. The van der Waals surface area contributed by atoms with Gasteiger partial charge in [0.25, 0.3) is 0 Å². The first kappa shape index (κ1) is 13.8. The highest BCUT2D eigenvalue weighted by Gasteiger charge is 2.13. The number of aliphatic carboxylic acids is 1. The number of aromatic nitrogens is 1. The van der Waals surface area contributed by atoms with Crippen molar-refractivity contribution < 1.29 is 9.90 Å². The molecule has 2 rings (SSSR count). The third-order valence-corrected chi connectivity index (χ3v) is 3.86. The molecule has 0 spiro atoms. The monoisotopic (exact) mass is 323 g/mol. The first-order valence-electron chi connectivity index (χ1n) is 5.91. The van der Waals surface area contributed by atoms with Gasteiger partial charge in [-0.1, -0.05) is 15.9 Å². The predicted octanol–water partition coefficient (Wildman–Crippen LogP) is 2.63. The number of carboxylic acid groups (broad SMARTS) is 1. The Labute approximate surface area is 118 Å². The van der Waals surface area contributed by atoms with Gasteiger partial charge >= 0.3 is 5.97 Å². The Morgan fingerprint density at radius 1 is 1.42 bits per heavy atom. The number of fused-ring (bicyclic) bond motifs is 1. The number of hydrogen-bond donors (Lipinski definition) is 1. The smallest absolute Gasteiger partial charge is 0.303 e. The van der Waals surface area contributed by atoms with Gasteiger partial charge in [0.15, 0.2) is 5.43 Å². The zero-order chi connectivity index (χ0) is 14.2. The van der Waals surface area contributed by atoms with Gasteiger partial charge in [-0.15, -0.1) is 0 Å². The maximum Gasteiger partial charge on any atom is 0.303 e. The summed E-state index contributed by atoms with van der Waals surface area (Å²) in [7, 11) is 1.88. The van der Waals surface area contributed by atoms with Crippen LogP contribution in [0.1, 0.15) is 17.7 Å². The number of carboxylic acids is 1. The summed E-state index contributed by atoms with van der Waals surface area (Å²) < 4.78 is 2.77. The van der Waals surface area contributed by atoms with E-state index in [1.165, 1.54) is 0 Å². The predicted molar refractivity (Wildman–Crippen MR) is 77.6 cm³/mol. The highest BCUT2D eigenvalue weighted by Crippen LogP contribution is 2.20. The maximum absolute atomic E-state index is 12.4. The van der Waals surface area contributed by atoms with Gasteiger partial charge in [0.05, 0.1) is 5.52 Å². The average molecular weight is 324 g/mol. The lowest BCUT2D eigenvalue weighted by molar-refractivity contribution is -0.136. The molecule has 0 aliphatic rings. The summed E-state index contributed by atoms with van der Waals surface area (Å²) >= 11 is 3.35. The van der Waals surface area contributed by atoms with Gasteiger partial charge in [-0.2, -0.15) is 0 Å². The Balaban J connectivity index is 2.71. The van der Waals surface area contributed by atoms with E-state index in [2.05, 4.69) is 15.9 Å². The van der Waals surface area contributed by atoms with Crippen LogP contribution in [0.2, 0.25) is 0 Å². The van der Waals surface area contributed by atoms with Gasteiger partial charge in [0.2, 0.25) is 0 Å². The molecule has 0 atom stereocenters. The average Bonchev–Trinajstić information content (AvgIpc) is 2.35. The molecule has 1 aromatic heterocycles. The minimum atomic E-state index is -0.893. The lowest BCUT2D eigenvalue weighted by Gasteiger charge is -2.14. The van der Waals surface area contributed by atoms with E-state index in [9.17, 15) is 9.59 Å². The Kier molecular flexibility index (Phi) is 3.75. The number of benzene rings is 1. The van der Waals surface area contributed by atoms with Crippen LogP contribution >= 0.6 is 15.9 Å². The Morgan fingerprint density at radius 3 is 2.74 bits per heavy atom. The molecule has 0 bridgehead atoms. The zero-order valence-electron chi connectivity index (χ0n) is 10.7. The molecule has 0 aliphatic carbocycles. The van der Waals surface area contributed by atoms with Crippen LogP contribution in [0.4, 0.5) is 0 Å².